The van der Waals surface area contributed by atoms with Crippen LogP contribution in [-0.4, -0.2) is 33.9 Å². The third-order valence-electron chi connectivity index (χ3n) is 3.14. The predicted octanol–water partition coefficient (Wildman–Crippen LogP) is 1.60. The lowest BCUT2D eigenvalue weighted by molar-refractivity contribution is 0.103. The summed E-state index contributed by atoms with van der Waals surface area (Å²) in [5.74, 6) is -0.702. The Kier molecular flexibility index (Phi) is 7.00. The first-order valence-corrected chi connectivity index (χ1v) is 6.78. The smallest absolute Gasteiger partial charge is 0.315 e. The van der Waals surface area contributed by atoms with Crippen LogP contribution in [0.25, 0.3) is 0 Å². The van der Waals surface area contributed by atoms with Crippen LogP contribution >= 0.6 is 0 Å². The molecule has 7 nitrogen and oxygen atoms in total. The monoisotopic (exact) mass is 306 g/mol. The largest absolute Gasteiger partial charge is 0.391 e. The Labute approximate surface area is 121 Å². The lowest BCUT2D eigenvalue weighted by Gasteiger charge is -2.20. The molecule has 21 heavy (non-hydrogen) atoms. The van der Waals surface area contributed by atoms with Gasteiger partial charge in [0, 0.05) is 6.54 Å². The van der Waals surface area contributed by atoms with E-state index in [2.05, 4.69) is 25.3 Å². The van der Waals surface area contributed by atoms with Crippen molar-refractivity contribution < 1.29 is 23.2 Å². The van der Waals surface area contributed by atoms with Crippen molar-refractivity contribution in [1.29, 1.82) is 0 Å². The van der Waals surface area contributed by atoms with Crippen molar-refractivity contribution in [1.82, 2.24) is 20.8 Å². The van der Waals surface area contributed by atoms with Gasteiger partial charge in [0.15, 0.2) is 0 Å². The van der Waals surface area contributed by atoms with Crippen LogP contribution in [0.3, 0.4) is 0 Å². The van der Waals surface area contributed by atoms with Gasteiger partial charge in [-0.05, 0) is 5.92 Å². The molecule has 1 aromatic rings. The highest BCUT2D eigenvalue weighted by molar-refractivity contribution is 5.73. The van der Waals surface area contributed by atoms with Crippen molar-refractivity contribution in [3.05, 3.63) is 11.7 Å². The van der Waals surface area contributed by atoms with Crippen LogP contribution in [-0.2, 0) is 6.54 Å². The summed E-state index contributed by atoms with van der Waals surface area (Å²) in [6.45, 7) is 3.89. The van der Waals surface area contributed by atoms with Crippen LogP contribution in [0.5, 0.6) is 0 Å². The second-order valence-corrected chi connectivity index (χ2v) is 4.55. The average Bonchev–Trinajstić information content (AvgIpc) is 2.93. The van der Waals surface area contributed by atoms with E-state index in [0.717, 1.165) is 12.8 Å². The molecule has 0 radical (unpaired) electrons. The molecule has 3 N–H and O–H groups in total. The number of carbonyl (C=O) groups excluding carboxylic acids is 1. The van der Waals surface area contributed by atoms with Crippen molar-refractivity contribution >= 4 is 6.03 Å². The molecule has 1 rings (SSSR count). The SMILES string of the molecule is CCC(CC)C(O)CNC(=O)NCc1nc(C(F)F)no1. The number of alkyl halides is 2. The third-order valence-corrected chi connectivity index (χ3v) is 3.14. The normalized spacial score (nSPS) is 12.7. The predicted molar refractivity (Wildman–Crippen MR) is 69.6 cm³/mol. The molecule has 9 heteroatoms. The van der Waals surface area contributed by atoms with E-state index in [1.54, 1.807) is 0 Å². The molecule has 1 aromatic heterocycles. The van der Waals surface area contributed by atoms with Gasteiger partial charge in [0.1, 0.15) is 0 Å². The van der Waals surface area contributed by atoms with Crippen molar-refractivity contribution in [3.63, 3.8) is 0 Å². The van der Waals surface area contributed by atoms with Crippen molar-refractivity contribution in [2.45, 2.75) is 45.8 Å². The Hall–Kier alpha value is -1.77. The van der Waals surface area contributed by atoms with Gasteiger partial charge in [-0.3, -0.25) is 0 Å². The fourth-order valence-corrected chi connectivity index (χ4v) is 1.84. The quantitative estimate of drug-likeness (QED) is 0.677. The summed E-state index contributed by atoms with van der Waals surface area (Å²) in [6.07, 6.45) is -1.80. The van der Waals surface area contributed by atoms with Crippen molar-refractivity contribution in [2.75, 3.05) is 6.54 Å². The molecule has 0 aliphatic rings. The van der Waals surface area contributed by atoms with E-state index in [4.69, 9.17) is 0 Å². The third kappa shape index (κ3) is 5.62. The molecule has 0 saturated heterocycles. The minimum Gasteiger partial charge on any atom is -0.391 e. The summed E-state index contributed by atoms with van der Waals surface area (Å²) < 4.78 is 29.0. The van der Waals surface area contributed by atoms with Gasteiger partial charge in [0.25, 0.3) is 0 Å². The van der Waals surface area contributed by atoms with Crippen LogP contribution in [0.1, 0.15) is 44.8 Å². The lowest BCUT2D eigenvalue weighted by Crippen LogP contribution is -2.41. The number of urea groups is 1. The minimum absolute atomic E-state index is 0.110. The zero-order valence-corrected chi connectivity index (χ0v) is 12.0. The maximum Gasteiger partial charge on any atom is 0.315 e. The number of aromatic nitrogens is 2. The first-order chi connectivity index (χ1) is 9.97. The van der Waals surface area contributed by atoms with Gasteiger partial charge in [-0.1, -0.05) is 31.8 Å². The topological polar surface area (TPSA) is 100 Å². The number of hydrogen-bond acceptors (Lipinski definition) is 5. The zero-order valence-electron chi connectivity index (χ0n) is 12.0. The number of rotatable bonds is 8. The summed E-state index contributed by atoms with van der Waals surface area (Å²) in [4.78, 5) is 14.9. The first kappa shape index (κ1) is 17.3. The molecule has 1 atom stereocenters. The van der Waals surface area contributed by atoms with Crippen molar-refractivity contribution in [2.24, 2.45) is 5.92 Å². The number of aliphatic hydroxyl groups is 1. The lowest BCUT2D eigenvalue weighted by atomic mass is 9.97. The number of hydrogen-bond donors (Lipinski definition) is 3. The van der Waals surface area contributed by atoms with E-state index < -0.39 is 24.4 Å². The Bertz CT molecular complexity index is 438. The fraction of sp³-hybridized carbons (Fsp3) is 0.750. The van der Waals surface area contributed by atoms with Crippen LogP contribution in [0.4, 0.5) is 13.6 Å². The molecule has 0 fully saturated rings. The molecule has 1 heterocycles. The van der Waals surface area contributed by atoms with Crippen LogP contribution in [0.2, 0.25) is 0 Å². The van der Waals surface area contributed by atoms with E-state index in [1.807, 2.05) is 13.8 Å². The maximum atomic E-state index is 12.2. The Morgan fingerprint density at radius 1 is 1.33 bits per heavy atom. The number of nitrogens with zero attached hydrogens (tertiary/aromatic N) is 2. The number of amides is 2. The molecule has 0 aliphatic heterocycles. The molecular weight excluding hydrogens is 286 g/mol. The van der Waals surface area contributed by atoms with E-state index in [-0.39, 0.29) is 24.9 Å². The summed E-state index contributed by atoms with van der Waals surface area (Å²) in [5, 5.41) is 17.8. The molecule has 0 spiro atoms. The molecule has 0 saturated carbocycles. The molecule has 0 aromatic carbocycles. The summed E-state index contributed by atoms with van der Waals surface area (Å²) in [5.41, 5.74) is 0. The van der Waals surface area contributed by atoms with Crippen LogP contribution in [0, 0.1) is 5.92 Å². The number of carbonyl (C=O) groups is 1. The molecule has 0 aliphatic carbocycles. The van der Waals surface area contributed by atoms with Crippen LogP contribution < -0.4 is 10.6 Å². The van der Waals surface area contributed by atoms with Gasteiger partial charge in [0.05, 0.1) is 12.6 Å². The van der Waals surface area contributed by atoms with E-state index in [1.165, 1.54) is 0 Å². The number of aliphatic hydroxyl groups excluding tert-OH is 1. The highest BCUT2D eigenvalue weighted by Crippen LogP contribution is 2.14. The highest BCUT2D eigenvalue weighted by atomic mass is 19.3. The molecule has 120 valence electrons. The molecule has 1 unspecified atom stereocenters. The van der Waals surface area contributed by atoms with E-state index in [9.17, 15) is 18.7 Å². The van der Waals surface area contributed by atoms with E-state index in [0.29, 0.717) is 0 Å². The van der Waals surface area contributed by atoms with Crippen LogP contribution in [0.15, 0.2) is 4.52 Å². The summed E-state index contributed by atoms with van der Waals surface area (Å²) >= 11 is 0. The average molecular weight is 306 g/mol. The highest BCUT2D eigenvalue weighted by Gasteiger charge is 2.17. The maximum absolute atomic E-state index is 12.2. The molecule has 2 amide bonds. The number of nitrogens with one attached hydrogen (secondary N) is 2. The van der Waals surface area contributed by atoms with E-state index >= 15 is 0 Å². The molecular formula is C12H20F2N4O3. The van der Waals surface area contributed by atoms with Gasteiger partial charge in [0.2, 0.25) is 11.7 Å². The first-order valence-electron chi connectivity index (χ1n) is 6.78. The van der Waals surface area contributed by atoms with Gasteiger partial charge in [-0.15, -0.1) is 0 Å². The van der Waals surface area contributed by atoms with Gasteiger partial charge >= 0.3 is 12.5 Å². The Balaban J connectivity index is 2.30. The van der Waals surface area contributed by atoms with Gasteiger partial charge < -0.3 is 20.3 Å². The Morgan fingerprint density at radius 3 is 2.52 bits per heavy atom. The van der Waals surface area contributed by atoms with Gasteiger partial charge in [-0.25, -0.2) is 13.6 Å². The van der Waals surface area contributed by atoms with Crippen molar-refractivity contribution in [3.8, 4) is 0 Å². The minimum atomic E-state index is -2.81. The van der Waals surface area contributed by atoms with Gasteiger partial charge in [-0.2, -0.15) is 4.98 Å². The zero-order chi connectivity index (χ0) is 15.8. The second kappa shape index (κ2) is 8.50. The number of halogens is 2. The standard InChI is InChI=1S/C12H20F2N4O3/c1-3-7(4-2)8(19)5-15-12(20)16-6-9-17-11(10(13)14)18-21-9/h7-8,10,19H,3-6H2,1-2H3,(H2,15,16,20). The Morgan fingerprint density at radius 2 is 2.00 bits per heavy atom. The molecule has 0 bridgehead atoms. The summed E-state index contributed by atoms with van der Waals surface area (Å²) in [6, 6.07) is -0.545. The summed E-state index contributed by atoms with van der Waals surface area (Å²) in [7, 11) is 0. The fourth-order valence-electron chi connectivity index (χ4n) is 1.84. The second-order valence-electron chi connectivity index (χ2n) is 4.55.